The van der Waals surface area contributed by atoms with E-state index in [-0.39, 0.29) is 0 Å². The van der Waals surface area contributed by atoms with Crippen molar-refractivity contribution in [2.75, 3.05) is 18.0 Å². The van der Waals surface area contributed by atoms with Crippen LogP contribution in [-0.2, 0) is 6.18 Å². The zero-order chi connectivity index (χ0) is 17.2. The Hall–Kier alpha value is -0.640. The zero-order valence-corrected chi connectivity index (χ0v) is 15.6. The molecule has 0 amide bonds. The number of aromatic nitrogens is 2. The molecule has 0 unspecified atom stereocenters. The molecule has 8 heteroatoms. The van der Waals surface area contributed by atoms with Crippen molar-refractivity contribution >= 4 is 28.3 Å². The van der Waals surface area contributed by atoms with E-state index in [1.165, 1.54) is 38.1 Å². The first-order valence-electron chi connectivity index (χ1n) is 8.48. The molecule has 2 fully saturated rings. The van der Waals surface area contributed by atoms with Crippen molar-refractivity contribution < 1.29 is 13.2 Å². The van der Waals surface area contributed by atoms with E-state index in [1.807, 2.05) is 0 Å². The molecule has 134 valence electrons. The topological polar surface area (TPSA) is 41.1 Å². The third kappa shape index (κ3) is 4.50. The molecular weight excluding hydrogens is 432 g/mol. The number of halogens is 4. The molecule has 0 spiro atoms. The quantitative estimate of drug-likeness (QED) is 0.558. The smallest absolute Gasteiger partial charge is 0.367 e. The normalized spacial score (nSPS) is 28.8. The SMILES string of the molecule is FC(F)(F)c1ncc(N2CCC[C@H](N[C@@H]3CCCC[C@H]3I)C2)cn1. The minimum atomic E-state index is -4.49. The van der Waals surface area contributed by atoms with Crippen LogP contribution in [0.2, 0.25) is 0 Å². The third-order valence-electron chi connectivity index (χ3n) is 4.81. The van der Waals surface area contributed by atoms with Crippen LogP contribution in [0.4, 0.5) is 18.9 Å². The van der Waals surface area contributed by atoms with Gasteiger partial charge >= 0.3 is 6.18 Å². The number of rotatable bonds is 3. The van der Waals surface area contributed by atoms with Crippen LogP contribution in [0.25, 0.3) is 0 Å². The Labute approximate surface area is 153 Å². The summed E-state index contributed by atoms with van der Waals surface area (Å²) in [6, 6.07) is 0.926. The number of piperidine rings is 1. The molecule has 2 heterocycles. The van der Waals surface area contributed by atoms with Crippen LogP contribution < -0.4 is 10.2 Å². The Balaban J connectivity index is 1.60. The third-order valence-corrected chi connectivity index (χ3v) is 6.30. The van der Waals surface area contributed by atoms with E-state index >= 15 is 0 Å². The maximum absolute atomic E-state index is 12.6. The maximum atomic E-state index is 12.6. The highest BCUT2D eigenvalue weighted by molar-refractivity contribution is 14.1. The van der Waals surface area contributed by atoms with Crippen molar-refractivity contribution in [2.45, 2.75) is 60.7 Å². The number of hydrogen-bond donors (Lipinski definition) is 1. The van der Waals surface area contributed by atoms with E-state index in [2.05, 4.69) is 42.8 Å². The lowest BCUT2D eigenvalue weighted by Crippen LogP contribution is -2.52. The van der Waals surface area contributed by atoms with Gasteiger partial charge in [0.2, 0.25) is 5.82 Å². The van der Waals surface area contributed by atoms with Gasteiger partial charge in [-0.15, -0.1) is 0 Å². The lowest BCUT2D eigenvalue weighted by molar-refractivity contribution is -0.144. The van der Waals surface area contributed by atoms with Gasteiger partial charge in [0.25, 0.3) is 0 Å². The van der Waals surface area contributed by atoms with Crippen LogP contribution in [0, 0.1) is 0 Å². The highest BCUT2D eigenvalue weighted by Gasteiger charge is 2.34. The molecule has 1 aliphatic heterocycles. The first kappa shape index (κ1) is 18.2. The summed E-state index contributed by atoms with van der Waals surface area (Å²) < 4.78 is 38.4. The Morgan fingerprint density at radius 3 is 2.46 bits per heavy atom. The van der Waals surface area contributed by atoms with Gasteiger partial charge in [0.1, 0.15) is 0 Å². The van der Waals surface area contributed by atoms with E-state index in [1.54, 1.807) is 0 Å². The largest absolute Gasteiger partial charge is 0.451 e. The van der Waals surface area contributed by atoms with Crippen LogP contribution in [-0.4, -0.2) is 39.1 Å². The minimum absolute atomic E-state index is 0.376. The Bertz CT molecular complexity index is 537. The fourth-order valence-electron chi connectivity index (χ4n) is 3.55. The van der Waals surface area contributed by atoms with Gasteiger partial charge in [-0.3, -0.25) is 0 Å². The van der Waals surface area contributed by atoms with Gasteiger partial charge in [0.15, 0.2) is 0 Å². The molecule has 1 aromatic heterocycles. The Kier molecular flexibility index (Phi) is 5.84. The molecule has 1 aliphatic carbocycles. The van der Waals surface area contributed by atoms with Gasteiger partial charge < -0.3 is 10.2 Å². The fraction of sp³-hybridized carbons (Fsp3) is 0.750. The van der Waals surface area contributed by atoms with Crippen LogP contribution >= 0.6 is 22.6 Å². The van der Waals surface area contributed by atoms with Gasteiger partial charge in [0, 0.05) is 29.1 Å². The van der Waals surface area contributed by atoms with E-state index in [0.29, 0.717) is 21.7 Å². The fourth-order valence-corrected chi connectivity index (χ4v) is 4.56. The van der Waals surface area contributed by atoms with Crippen LogP contribution in [0.1, 0.15) is 44.3 Å². The van der Waals surface area contributed by atoms with Crippen LogP contribution in [0.5, 0.6) is 0 Å². The summed E-state index contributed by atoms with van der Waals surface area (Å²) in [7, 11) is 0. The van der Waals surface area contributed by atoms with E-state index in [0.717, 1.165) is 25.9 Å². The molecule has 24 heavy (non-hydrogen) atoms. The molecule has 3 atom stereocenters. The van der Waals surface area contributed by atoms with Crippen molar-refractivity contribution in [1.82, 2.24) is 15.3 Å². The van der Waals surface area contributed by atoms with Gasteiger partial charge in [-0.1, -0.05) is 35.4 Å². The second-order valence-electron chi connectivity index (χ2n) is 6.62. The van der Waals surface area contributed by atoms with Gasteiger partial charge in [0.05, 0.1) is 18.1 Å². The second kappa shape index (κ2) is 7.72. The molecule has 2 aliphatic rings. The van der Waals surface area contributed by atoms with E-state index < -0.39 is 12.0 Å². The Morgan fingerprint density at radius 1 is 1.08 bits per heavy atom. The molecule has 0 aromatic carbocycles. The average Bonchev–Trinajstić information content (AvgIpc) is 2.57. The summed E-state index contributed by atoms with van der Waals surface area (Å²) >= 11 is 2.54. The van der Waals surface area contributed by atoms with Crippen molar-refractivity contribution in [3.05, 3.63) is 18.2 Å². The van der Waals surface area contributed by atoms with Gasteiger partial charge in [-0.2, -0.15) is 13.2 Å². The summed E-state index contributed by atoms with van der Waals surface area (Å²) in [5.41, 5.74) is 0.671. The number of hydrogen-bond acceptors (Lipinski definition) is 4. The predicted octanol–water partition coefficient (Wildman–Crippen LogP) is 3.80. The molecule has 1 N–H and O–H groups in total. The molecule has 1 saturated heterocycles. The summed E-state index contributed by atoms with van der Waals surface area (Å²) in [5.74, 6) is -1.08. The van der Waals surface area contributed by atoms with Crippen molar-refractivity contribution in [1.29, 1.82) is 0 Å². The molecule has 0 radical (unpaired) electrons. The van der Waals surface area contributed by atoms with E-state index in [9.17, 15) is 13.2 Å². The minimum Gasteiger partial charge on any atom is -0.367 e. The first-order chi connectivity index (χ1) is 11.4. The zero-order valence-electron chi connectivity index (χ0n) is 13.4. The number of nitrogens with one attached hydrogen (secondary N) is 1. The highest BCUT2D eigenvalue weighted by Crippen LogP contribution is 2.28. The summed E-state index contributed by atoms with van der Waals surface area (Å²) in [6.45, 7) is 1.64. The van der Waals surface area contributed by atoms with Crippen molar-refractivity contribution in [3.63, 3.8) is 0 Å². The summed E-state index contributed by atoms with van der Waals surface area (Å²) in [5, 5.41) is 3.77. The average molecular weight is 454 g/mol. The first-order valence-corrected chi connectivity index (χ1v) is 9.72. The van der Waals surface area contributed by atoms with Crippen LogP contribution in [0.3, 0.4) is 0 Å². The lowest BCUT2D eigenvalue weighted by Gasteiger charge is -2.38. The monoisotopic (exact) mass is 454 g/mol. The number of alkyl halides is 4. The number of anilines is 1. The highest BCUT2D eigenvalue weighted by atomic mass is 127. The number of nitrogens with zero attached hydrogens (tertiary/aromatic N) is 3. The standard InChI is InChI=1S/C16H22F3IN4/c17-16(18,19)15-21-8-12(9-22-15)24-7-3-4-11(10-24)23-14-6-2-1-5-13(14)20/h8-9,11,13-14,23H,1-7,10H2/t11-,13+,14+/m0/s1. The summed E-state index contributed by atoms with van der Waals surface area (Å²) in [4.78, 5) is 9.05. The molecular formula is C16H22F3IN4. The predicted molar refractivity (Wildman–Crippen MR) is 95.5 cm³/mol. The van der Waals surface area contributed by atoms with Crippen LogP contribution in [0.15, 0.2) is 12.4 Å². The molecule has 1 saturated carbocycles. The van der Waals surface area contributed by atoms with Gasteiger partial charge in [-0.05, 0) is 25.7 Å². The van der Waals surface area contributed by atoms with Gasteiger partial charge in [-0.25, -0.2) is 9.97 Å². The molecule has 3 rings (SSSR count). The lowest BCUT2D eigenvalue weighted by atomic mass is 9.93. The van der Waals surface area contributed by atoms with Crippen molar-refractivity contribution in [2.24, 2.45) is 0 Å². The molecule has 4 nitrogen and oxygen atoms in total. The molecule has 0 bridgehead atoms. The molecule has 1 aromatic rings. The summed E-state index contributed by atoms with van der Waals surface area (Å²) in [6.07, 6.45) is 5.30. The maximum Gasteiger partial charge on any atom is 0.451 e. The van der Waals surface area contributed by atoms with E-state index in [4.69, 9.17) is 0 Å². The Morgan fingerprint density at radius 2 is 1.79 bits per heavy atom. The second-order valence-corrected chi connectivity index (χ2v) is 8.22. The van der Waals surface area contributed by atoms with Crippen molar-refractivity contribution in [3.8, 4) is 0 Å².